The first-order chi connectivity index (χ1) is 12.7. The van der Waals surface area contributed by atoms with Crippen molar-refractivity contribution in [3.05, 3.63) is 29.8 Å². The van der Waals surface area contributed by atoms with E-state index in [2.05, 4.69) is 53.4 Å². The molecule has 3 aliphatic rings. The van der Waals surface area contributed by atoms with Crippen molar-refractivity contribution in [3.8, 4) is 0 Å². The summed E-state index contributed by atoms with van der Waals surface area (Å²) in [4.78, 5) is 10.0. The predicted octanol–water partition coefficient (Wildman–Crippen LogP) is 4.24. The lowest BCUT2D eigenvalue weighted by Gasteiger charge is -2.30. The van der Waals surface area contributed by atoms with Crippen LogP contribution in [0.15, 0.2) is 29.3 Å². The number of fused-ring (bicyclic) bond motifs is 2. The Kier molecular flexibility index (Phi) is 7.06. The maximum absolute atomic E-state index is 5.11. The number of para-hydroxylation sites is 1. The number of nitrogens with zero attached hydrogens (tertiary/aromatic N) is 3. The molecule has 5 heteroatoms. The van der Waals surface area contributed by atoms with Gasteiger partial charge in [0.15, 0.2) is 5.96 Å². The van der Waals surface area contributed by atoms with Crippen molar-refractivity contribution in [2.45, 2.75) is 50.9 Å². The van der Waals surface area contributed by atoms with Crippen molar-refractivity contribution in [2.75, 3.05) is 44.7 Å². The van der Waals surface area contributed by atoms with E-state index in [-0.39, 0.29) is 24.0 Å². The van der Waals surface area contributed by atoms with Gasteiger partial charge in [-0.05, 0) is 63.7 Å². The summed E-state index contributed by atoms with van der Waals surface area (Å²) in [6.45, 7) is 7.57. The van der Waals surface area contributed by atoms with Crippen LogP contribution >= 0.6 is 24.0 Å². The van der Waals surface area contributed by atoms with Crippen LogP contribution < -0.4 is 10.2 Å². The lowest BCUT2D eigenvalue weighted by Crippen LogP contribution is -2.44. The number of rotatable bonds is 3. The van der Waals surface area contributed by atoms with E-state index in [9.17, 15) is 0 Å². The van der Waals surface area contributed by atoms with Gasteiger partial charge in [-0.3, -0.25) is 4.99 Å². The maximum atomic E-state index is 5.11. The molecule has 2 fully saturated rings. The highest BCUT2D eigenvalue weighted by Gasteiger charge is 2.45. The largest absolute Gasteiger partial charge is 0.356 e. The molecule has 0 bridgehead atoms. The van der Waals surface area contributed by atoms with Crippen LogP contribution in [-0.2, 0) is 5.41 Å². The second-order valence-electron chi connectivity index (χ2n) is 8.56. The fourth-order valence-electron chi connectivity index (χ4n) is 5.33. The smallest absolute Gasteiger partial charge is 0.198 e. The van der Waals surface area contributed by atoms with Gasteiger partial charge < -0.3 is 15.1 Å². The fourth-order valence-corrected chi connectivity index (χ4v) is 5.33. The second-order valence-corrected chi connectivity index (χ2v) is 8.56. The first-order valence-corrected chi connectivity index (χ1v) is 10.6. The summed E-state index contributed by atoms with van der Waals surface area (Å²) in [6.07, 6.45) is 8.01. The molecular weight excluding hydrogens is 447 g/mol. The van der Waals surface area contributed by atoms with Crippen LogP contribution in [0.3, 0.4) is 0 Å². The third-order valence-corrected chi connectivity index (χ3v) is 6.60. The molecule has 27 heavy (non-hydrogen) atoms. The van der Waals surface area contributed by atoms with E-state index >= 15 is 0 Å². The van der Waals surface area contributed by atoms with Crippen molar-refractivity contribution in [2.24, 2.45) is 10.9 Å². The van der Waals surface area contributed by atoms with Crippen molar-refractivity contribution >= 4 is 35.6 Å². The zero-order valence-corrected chi connectivity index (χ0v) is 19.2. The van der Waals surface area contributed by atoms with Crippen LogP contribution in [0.25, 0.3) is 0 Å². The highest BCUT2D eigenvalue weighted by molar-refractivity contribution is 14.0. The van der Waals surface area contributed by atoms with E-state index in [0.717, 1.165) is 25.6 Å². The van der Waals surface area contributed by atoms with Gasteiger partial charge in [0.05, 0.1) is 0 Å². The van der Waals surface area contributed by atoms with Crippen LogP contribution in [0.5, 0.6) is 0 Å². The molecule has 0 amide bonds. The summed E-state index contributed by atoms with van der Waals surface area (Å²) in [5.41, 5.74) is 3.30. The van der Waals surface area contributed by atoms with E-state index in [4.69, 9.17) is 4.99 Å². The Morgan fingerprint density at radius 3 is 2.74 bits per heavy atom. The van der Waals surface area contributed by atoms with E-state index in [0.29, 0.717) is 11.3 Å². The minimum absolute atomic E-state index is 0. The predicted molar refractivity (Wildman–Crippen MR) is 126 cm³/mol. The van der Waals surface area contributed by atoms with Crippen molar-refractivity contribution in [1.29, 1.82) is 0 Å². The van der Waals surface area contributed by atoms with Gasteiger partial charge in [-0.25, -0.2) is 0 Å². The van der Waals surface area contributed by atoms with Gasteiger partial charge in [0, 0.05) is 37.3 Å². The summed E-state index contributed by atoms with van der Waals surface area (Å²) in [5.74, 6) is 1.79. The molecule has 2 aliphatic heterocycles. The number of guanidine groups is 1. The number of nitrogens with one attached hydrogen (secondary N) is 1. The van der Waals surface area contributed by atoms with Crippen molar-refractivity contribution in [1.82, 2.24) is 10.2 Å². The van der Waals surface area contributed by atoms with Crippen molar-refractivity contribution in [3.63, 3.8) is 0 Å². The molecule has 1 spiro atoms. The first kappa shape index (κ1) is 20.9. The average molecular weight is 482 g/mol. The summed E-state index contributed by atoms with van der Waals surface area (Å²) in [6, 6.07) is 9.05. The van der Waals surface area contributed by atoms with Gasteiger partial charge in [-0.2, -0.15) is 0 Å². The molecule has 4 nitrogen and oxygen atoms in total. The number of benzene rings is 1. The SMILES string of the molecule is CCNC(=NCC1CCCN(C)C1)N1CC2(CCCC2)c2ccccc21.I. The zero-order valence-electron chi connectivity index (χ0n) is 16.9. The fraction of sp³-hybridized carbons (Fsp3) is 0.682. The number of halogens is 1. The molecule has 1 saturated heterocycles. The Bertz CT molecular complexity index is 653. The van der Waals surface area contributed by atoms with Crippen LogP contribution in [0, 0.1) is 5.92 Å². The molecule has 1 unspecified atom stereocenters. The molecule has 4 rings (SSSR count). The molecular formula is C22H35IN4. The third kappa shape index (κ3) is 4.29. The Balaban J connectivity index is 0.00000210. The lowest BCUT2D eigenvalue weighted by atomic mass is 9.81. The summed E-state index contributed by atoms with van der Waals surface area (Å²) < 4.78 is 0. The number of aliphatic imine (C=N–C) groups is 1. The zero-order chi connectivity index (χ0) is 18.0. The number of hydrogen-bond acceptors (Lipinski definition) is 2. The normalized spacial score (nSPS) is 24.7. The van der Waals surface area contributed by atoms with Gasteiger partial charge in [0.25, 0.3) is 0 Å². The maximum Gasteiger partial charge on any atom is 0.198 e. The topological polar surface area (TPSA) is 30.9 Å². The minimum Gasteiger partial charge on any atom is -0.356 e. The van der Waals surface area contributed by atoms with Crippen LogP contribution in [0.4, 0.5) is 5.69 Å². The summed E-state index contributed by atoms with van der Waals surface area (Å²) in [5, 5.41) is 3.58. The molecule has 1 aromatic rings. The van der Waals surface area contributed by atoms with E-state index < -0.39 is 0 Å². The third-order valence-electron chi connectivity index (χ3n) is 6.60. The highest BCUT2D eigenvalue weighted by Crippen LogP contribution is 2.50. The molecule has 1 aromatic carbocycles. The minimum atomic E-state index is 0. The standard InChI is InChI=1S/C22H34N4.HI/c1-3-23-21(24-15-18-9-8-14-25(2)16-18)26-17-22(12-6-7-13-22)19-10-4-5-11-20(19)26;/h4-5,10-11,18H,3,6-9,12-17H2,1-2H3,(H,23,24);1H. The summed E-state index contributed by atoms with van der Waals surface area (Å²) in [7, 11) is 2.24. The van der Waals surface area contributed by atoms with E-state index in [1.54, 1.807) is 5.56 Å². The lowest BCUT2D eigenvalue weighted by molar-refractivity contribution is 0.214. The van der Waals surface area contributed by atoms with Gasteiger partial charge in [0.1, 0.15) is 0 Å². The highest BCUT2D eigenvalue weighted by atomic mass is 127. The molecule has 1 N–H and O–H groups in total. The molecule has 0 radical (unpaired) electrons. The van der Waals surface area contributed by atoms with Gasteiger partial charge >= 0.3 is 0 Å². The van der Waals surface area contributed by atoms with Gasteiger partial charge in [-0.15, -0.1) is 24.0 Å². The summed E-state index contributed by atoms with van der Waals surface area (Å²) >= 11 is 0. The molecule has 1 aliphatic carbocycles. The molecule has 150 valence electrons. The molecule has 0 aromatic heterocycles. The van der Waals surface area contributed by atoms with E-state index in [1.165, 1.54) is 57.3 Å². The van der Waals surface area contributed by atoms with Gasteiger partial charge in [0.2, 0.25) is 0 Å². The Morgan fingerprint density at radius 2 is 2.00 bits per heavy atom. The first-order valence-electron chi connectivity index (χ1n) is 10.6. The Morgan fingerprint density at radius 1 is 1.22 bits per heavy atom. The Hall–Kier alpha value is -0.820. The van der Waals surface area contributed by atoms with Crippen LogP contribution in [-0.4, -0.2) is 50.6 Å². The number of hydrogen-bond donors (Lipinski definition) is 1. The quantitative estimate of drug-likeness (QED) is 0.397. The van der Waals surface area contributed by atoms with Gasteiger partial charge in [-0.1, -0.05) is 31.0 Å². The molecule has 2 heterocycles. The van der Waals surface area contributed by atoms with Crippen molar-refractivity contribution < 1.29 is 0 Å². The number of piperidine rings is 1. The molecule has 1 atom stereocenters. The Labute approximate surface area is 181 Å². The number of likely N-dealkylation sites (tertiary alicyclic amines) is 1. The van der Waals surface area contributed by atoms with Crippen LogP contribution in [0.2, 0.25) is 0 Å². The molecule has 1 saturated carbocycles. The number of anilines is 1. The average Bonchev–Trinajstić information content (AvgIpc) is 3.25. The monoisotopic (exact) mass is 482 g/mol. The van der Waals surface area contributed by atoms with Crippen LogP contribution in [0.1, 0.15) is 51.0 Å². The van der Waals surface area contributed by atoms with E-state index in [1.807, 2.05) is 0 Å². The second kappa shape index (κ2) is 9.12.